The maximum Gasteiger partial charge on any atom is 0.348 e. The van der Waals surface area contributed by atoms with Crippen molar-refractivity contribution in [3.8, 4) is 22.8 Å². The van der Waals surface area contributed by atoms with Gasteiger partial charge in [0.25, 0.3) is 0 Å². The zero-order valence-corrected chi connectivity index (χ0v) is 14.0. The van der Waals surface area contributed by atoms with Crippen LogP contribution in [0.1, 0.15) is 18.1 Å². The quantitative estimate of drug-likeness (QED) is 0.537. The van der Waals surface area contributed by atoms with Gasteiger partial charge in [0.05, 0.1) is 5.69 Å². The lowest BCUT2D eigenvalue weighted by atomic mass is 10.0. The number of aryl methyl sites for hydroxylation is 2. The largest absolute Gasteiger partial charge is 0.508 e. The molecule has 0 spiro atoms. The molecule has 0 saturated heterocycles. The fourth-order valence-corrected chi connectivity index (χ4v) is 3.23. The number of hydrogen-bond donors (Lipinski definition) is 3. The predicted octanol–water partition coefficient (Wildman–Crippen LogP) is 3.29. The van der Waals surface area contributed by atoms with E-state index in [0.29, 0.717) is 12.2 Å². The van der Waals surface area contributed by atoms with Crippen LogP contribution in [0.3, 0.4) is 0 Å². The van der Waals surface area contributed by atoms with Crippen LogP contribution < -0.4 is 5.69 Å². The summed E-state index contributed by atoms with van der Waals surface area (Å²) in [5, 5.41) is 17.8. The number of rotatable bonds is 3. The average Bonchev–Trinajstić information content (AvgIpc) is 3.21. The Morgan fingerprint density at radius 2 is 2.08 bits per heavy atom. The number of nitrogens with zero attached hydrogens (tertiary/aromatic N) is 2. The summed E-state index contributed by atoms with van der Waals surface area (Å²) in [5.74, 6) is 0.798. The highest BCUT2D eigenvalue weighted by Gasteiger charge is 2.18. The predicted molar refractivity (Wildman–Crippen MR) is 97.3 cm³/mol. The Morgan fingerprint density at radius 1 is 1.24 bits per heavy atom. The van der Waals surface area contributed by atoms with Crippen LogP contribution in [0.15, 0.2) is 47.4 Å². The number of phenolic OH excluding ortho intramolecular Hbond substituents is 1. The number of fused-ring (bicyclic) bond motifs is 1. The molecule has 2 aromatic heterocycles. The molecule has 4 aromatic rings. The number of H-pyrrole nitrogens is 2. The van der Waals surface area contributed by atoms with Gasteiger partial charge in [0, 0.05) is 22.7 Å². The smallest absolute Gasteiger partial charge is 0.348 e. The number of aromatic hydroxyl groups is 1. The highest BCUT2D eigenvalue weighted by atomic mass is 16.3. The molecule has 126 valence electrons. The van der Waals surface area contributed by atoms with Gasteiger partial charge in [-0.05, 0) is 54.8 Å². The zero-order valence-electron chi connectivity index (χ0n) is 14.0. The average molecular weight is 334 g/mol. The van der Waals surface area contributed by atoms with Gasteiger partial charge in [0.15, 0.2) is 5.82 Å². The van der Waals surface area contributed by atoms with E-state index in [4.69, 9.17) is 0 Å². The Labute approximate surface area is 143 Å². The first-order valence-corrected chi connectivity index (χ1v) is 8.17. The van der Waals surface area contributed by atoms with Crippen molar-refractivity contribution in [3.63, 3.8) is 0 Å². The molecule has 0 aliphatic carbocycles. The first-order valence-electron chi connectivity index (χ1n) is 8.17. The fourth-order valence-electron chi connectivity index (χ4n) is 3.23. The summed E-state index contributed by atoms with van der Waals surface area (Å²) >= 11 is 0. The van der Waals surface area contributed by atoms with E-state index in [1.54, 1.807) is 10.6 Å². The highest BCUT2D eigenvalue weighted by molar-refractivity contribution is 5.88. The maximum absolute atomic E-state index is 12.5. The molecule has 4 rings (SSSR count). The molecule has 0 amide bonds. The molecular weight excluding hydrogens is 316 g/mol. The van der Waals surface area contributed by atoms with Crippen LogP contribution in [-0.4, -0.2) is 24.9 Å². The van der Waals surface area contributed by atoms with Gasteiger partial charge in [0.1, 0.15) is 5.75 Å². The Kier molecular flexibility index (Phi) is 3.46. The standard InChI is InChI=1S/C19H18N4O2/c1-3-12-10-14(11(2)9-17(12)24)18-21-22-19(25)23(18)16-6-4-5-15-13(16)7-8-20-15/h4-10,20,24H,3H2,1-2H3,(H,22,25). The van der Waals surface area contributed by atoms with Gasteiger partial charge in [-0.3, -0.25) is 0 Å². The lowest BCUT2D eigenvalue weighted by Gasteiger charge is -2.12. The number of phenols is 1. The Morgan fingerprint density at radius 3 is 2.88 bits per heavy atom. The van der Waals surface area contributed by atoms with E-state index in [0.717, 1.165) is 33.3 Å². The number of aromatic amines is 2. The molecule has 0 radical (unpaired) electrons. The van der Waals surface area contributed by atoms with E-state index in [-0.39, 0.29) is 11.4 Å². The molecule has 6 nitrogen and oxygen atoms in total. The van der Waals surface area contributed by atoms with Crippen molar-refractivity contribution in [2.45, 2.75) is 20.3 Å². The van der Waals surface area contributed by atoms with Gasteiger partial charge in [-0.2, -0.15) is 5.10 Å². The number of hydrogen-bond acceptors (Lipinski definition) is 3. The molecule has 0 unspecified atom stereocenters. The summed E-state index contributed by atoms with van der Waals surface area (Å²) in [6.07, 6.45) is 2.54. The van der Waals surface area contributed by atoms with Crippen LogP contribution in [0.4, 0.5) is 0 Å². The second kappa shape index (κ2) is 5.66. The van der Waals surface area contributed by atoms with Crippen LogP contribution in [-0.2, 0) is 6.42 Å². The van der Waals surface area contributed by atoms with Crippen molar-refractivity contribution in [2.24, 2.45) is 0 Å². The Bertz CT molecular complexity index is 1130. The monoisotopic (exact) mass is 334 g/mol. The molecule has 6 heteroatoms. The van der Waals surface area contributed by atoms with Gasteiger partial charge in [-0.25, -0.2) is 14.5 Å². The summed E-state index contributed by atoms with van der Waals surface area (Å²) in [4.78, 5) is 15.7. The molecule has 0 atom stereocenters. The van der Waals surface area contributed by atoms with E-state index >= 15 is 0 Å². The first-order chi connectivity index (χ1) is 12.1. The summed E-state index contributed by atoms with van der Waals surface area (Å²) in [7, 11) is 0. The number of benzene rings is 2. The maximum atomic E-state index is 12.5. The van der Waals surface area contributed by atoms with Gasteiger partial charge < -0.3 is 10.1 Å². The SMILES string of the molecule is CCc1cc(-c2n[nH]c(=O)n2-c2cccc3[nH]ccc23)c(C)cc1O. The summed E-state index contributed by atoms with van der Waals surface area (Å²) < 4.78 is 1.58. The summed E-state index contributed by atoms with van der Waals surface area (Å²) in [6.45, 7) is 3.88. The van der Waals surface area contributed by atoms with E-state index in [1.807, 2.05) is 50.4 Å². The van der Waals surface area contributed by atoms with Gasteiger partial charge in [0.2, 0.25) is 0 Å². The summed E-state index contributed by atoms with van der Waals surface area (Å²) in [5.41, 5.74) is 3.92. The molecular formula is C19H18N4O2. The van der Waals surface area contributed by atoms with Crippen molar-refractivity contribution in [1.29, 1.82) is 0 Å². The lowest BCUT2D eigenvalue weighted by molar-refractivity contribution is 0.468. The van der Waals surface area contributed by atoms with Gasteiger partial charge in [-0.15, -0.1) is 0 Å². The lowest BCUT2D eigenvalue weighted by Crippen LogP contribution is -2.16. The molecule has 0 aliphatic heterocycles. The van der Waals surface area contributed by atoms with Crippen LogP contribution in [0.25, 0.3) is 28.0 Å². The van der Waals surface area contributed by atoms with Crippen LogP contribution in [0, 0.1) is 6.92 Å². The Balaban J connectivity index is 2.02. The minimum atomic E-state index is -0.297. The number of nitrogens with one attached hydrogen (secondary N) is 2. The molecule has 0 bridgehead atoms. The van der Waals surface area contributed by atoms with Crippen LogP contribution >= 0.6 is 0 Å². The van der Waals surface area contributed by atoms with E-state index in [9.17, 15) is 9.90 Å². The van der Waals surface area contributed by atoms with E-state index in [2.05, 4.69) is 15.2 Å². The second-order valence-corrected chi connectivity index (χ2v) is 6.05. The topological polar surface area (TPSA) is 86.7 Å². The second-order valence-electron chi connectivity index (χ2n) is 6.05. The summed E-state index contributed by atoms with van der Waals surface area (Å²) in [6, 6.07) is 11.3. The van der Waals surface area contributed by atoms with Crippen LogP contribution in [0.2, 0.25) is 0 Å². The third kappa shape index (κ3) is 2.34. The van der Waals surface area contributed by atoms with Crippen molar-refractivity contribution >= 4 is 10.9 Å². The van der Waals surface area contributed by atoms with Crippen molar-refractivity contribution in [1.82, 2.24) is 19.7 Å². The first kappa shape index (κ1) is 15.3. The third-order valence-corrected chi connectivity index (χ3v) is 4.53. The molecule has 3 N–H and O–H groups in total. The van der Waals surface area contributed by atoms with E-state index in [1.165, 1.54) is 0 Å². The fraction of sp³-hybridized carbons (Fsp3) is 0.158. The van der Waals surface area contributed by atoms with Crippen molar-refractivity contribution in [3.05, 3.63) is 64.2 Å². The molecule has 0 aliphatic rings. The Hall–Kier alpha value is -3.28. The highest BCUT2D eigenvalue weighted by Crippen LogP contribution is 2.31. The zero-order chi connectivity index (χ0) is 17.6. The van der Waals surface area contributed by atoms with Crippen LogP contribution in [0.5, 0.6) is 5.75 Å². The molecule has 25 heavy (non-hydrogen) atoms. The minimum absolute atomic E-state index is 0.265. The molecule has 2 heterocycles. The van der Waals surface area contributed by atoms with Gasteiger partial charge in [-0.1, -0.05) is 13.0 Å². The molecule has 0 saturated carbocycles. The molecule has 2 aromatic carbocycles. The minimum Gasteiger partial charge on any atom is -0.508 e. The van der Waals surface area contributed by atoms with Crippen molar-refractivity contribution in [2.75, 3.05) is 0 Å². The molecule has 0 fully saturated rings. The third-order valence-electron chi connectivity index (χ3n) is 4.53. The van der Waals surface area contributed by atoms with E-state index < -0.39 is 0 Å². The normalized spacial score (nSPS) is 11.3. The number of aromatic nitrogens is 4. The van der Waals surface area contributed by atoms with Gasteiger partial charge >= 0.3 is 5.69 Å². The van der Waals surface area contributed by atoms with Crippen molar-refractivity contribution < 1.29 is 5.11 Å².